The van der Waals surface area contributed by atoms with E-state index in [1.54, 1.807) is 14.2 Å². The van der Waals surface area contributed by atoms with Gasteiger partial charge in [0.1, 0.15) is 0 Å². The zero-order valence-corrected chi connectivity index (χ0v) is 8.91. The Morgan fingerprint density at radius 2 is 2.00 bits per heavy atom. The molecule has 0 saturated carbocycles. The lowest BCUT2D eigenvalue weighted by molar-refractivity contribution is -0.0914. The lowest BCUT2D eigenvalue weighted by atomic mass is 10.2. The van der Waals surface area contributed by atoms with Gasteiger partial charge in [-0.2, -0.15) is 0 Å². The largest absolute Gasteiger partial charge is 0.380 e. The molecule has 78 valence electrons. The topological polar surface area (TPSA) is 30.5 Å². The fourth-order valence-corrected chi connectivity index (χ4v) is 1.22. The minimum atomic E-state index is -0.199. The molecule has 0 spiro atoms. The summed E-state index contributed by atoms with van der Waals surface area (Å²) >= 11 is 0. The lowest BCUT2D eigenvalue weighted by Gasteiger charge is -2.14. The Bertz CT molecular complexity index is 272. The van der Waals surface area contributed by atoms with Crippen LogP contribution in [-0.2, 0) is 9.47 Å². The highest BCUT2D eigenvalue weighted by Gasteiger charge is 2.03. The van der Waals surface area contributed by atoms with Gasteiger partial charge in [0.05, 0.1) is 6.54 Å². The van der Waals surface area contributed by atoms with Gasteiger partial charge >= 0.3 is 0 Å². The minimum absolute atomic E-state index is 0.199. The first kappa shape index (κ1) is 11.0. The summed E-state index contributed by atoms with van der Waals surface area (Å²) in [6, 6.07) is 8.19. The molecule has 0 aliphatic rings. The quantitative estimate of drug-likeness (QED) is 0.729. The molecule has 3 nitrogen and oxygen atoms in total. The summed E-state index contributed by atoms with van der Waals surface area (Å²) in [7, 11) is 3.26. The van der Waals surface area contributed by atoms with Crippen LogP contribution in [0, 0.1) is 6.92 Å². The van der Waals surface area contributed by atoms with E-state index in [9.17, 15) is 0 Å². The van der Waals surface area contributed by atoms with Gasteiger partial charge in [-0.1, -0.05) is 12.1 Å². The number of rotatable bonds is 5. The highest BCUT2D eigenvalue weighted by Crippen LogP contribution is 2.09. The van der Waals surface area contributed by atoms with Crippen LogP contribution in [0.1, 0.15) is 5.56 Å². The Labute approximate surface area is 85.0 Å². The van der Waals surface area contributed by atoms with Crippen LogP contribution in [0.25, 0.3) is 0 Å². The Hall–Kier alpha value is -1.06. The van der Waals surface area contributed by atoms with Gasteiger partial charge in [0.2, 0.25) is 0 Å². The van der Waals surface area contributed by atoms with Crippen LogP contribution in [0.3, 0.4) is 0 Å². The van der Waals surface area contributed by atoms with Crippen molar-refractivity contribution in [3.05, 3.63) is 29.8 Å². The van der Waals surface area contributed by atoms with Gasteiger partial charge in [-0.05, 0) is 24.6 Å². The number of anilines is 1. The van der Waals surface area contributed by atoms with Gasteiger partial charge in [0.15, 0.2) is 6.29 Å². The van der Waals surface area contributed by atoms with Gasteiger partial charge in [-0.3, -0.25) is 0 Å². The molecule has 1 rings (SSSR count). The molecule has 0 atom stereocenters. The average Bonchev–Trinajstić information content (AvgIpc) is 2.19. The van der Waals surface area contributed by atoms with E-state index < -0.39 is 0 Å². The minimum Gasteiger partial charge on any atom is -0.380 e. The number of hydrogen-bond donors (Lipinski definition) is 1. The summed E-state index contributed by atoms with van der Waals surface area (Å²) in [5, 5.41) is 3.24. The summed E-state index contributed by atoms with van der Waals surface area (Å²) in [6.07, 6.45) is -0.199. The molecule has 14 heavy (non-hydrogen) atoms. The van der Waals surface area contributed by atoms with E-state index in [0.29, 0.717) is 6.54 Å². The second-order valence-electron chi connectivity index (χ2n) is 3.15. The van der Waals surface area contributed by atoms with Gasteiger partial charge < -0.3 is 14.8 Å². The van der Waals surface area contributed by atoms with Crippen LogP contribution in [0.4, 0.5) is 5.69 Å². The molecule has 0 aliphatic carbocycles. The van der Waals surface area contributed by atoms with Crippen molar-refractivity contribution in [2.24, 2.45) is 0 Å². The summed E-state index contributed by atoms with van der Waals surface area (Å²) in [5.74, 6) is 0. The number of ether oxygens (including phenoxy) is 2. The maximum Gasteiger partial charge on any atom is 0.173 e. The maximum atomic E-state index is 5.07. The predicted octanol–water partition coefficient (Wildman–Crippen LogP) is 2.03. The van der Waals surface area contributed by atoms with Crippen molar-refractivity contribution >= 4 is 5.69 Å². The fraction of sp³-hybridized carbons (Fsp3) is 0.455. The molecule has 0 saturated heterocycles. The van der Waals surface area contributed by atoms with Crippen LogP contribution in [-0.4, -0.2) is 27.1 Å². The van der Waals surface area contributed by atoms with E-state index in [1.807, 2.05) is 12.1 Å². The number of aryl methyl sites for hydroxylation is 1. The van der Waals surface area contributed by atoms with E-state index in [-0.39, 0.29) is 6.29 Å². The molecule has 0 aromatic heterocycles. The van der Waals surface area contributed by atoms with Crippen LogP contribution < -0.4 is 5.32 Å². The van der Waals surface area contributed by atoms with Crippen molar-refractivity contribution in [2.75, 3.05) is 26.1 Å². The molecular weight excluding hydrogens is 178 g/mol. The van der Waals surface area contributed by atoms with E-state index in [4.69, 9.17) is 9.47 Å². The zero-order chi connectivity index (χ0) is 10.4. The molecule has 0 bridgehead atoms. The smallest absolute Gasteiger partial charge is 0.173 e. The average molecular weight is 195 g/mol. The van der Waals surface area contributed by atoms with Crippen molar-refractivity contribution in [2.45, 2.75) is 13.2 Å². The molecule has 1 aromatic rings. The molecule has 0 unspecified atom stereocenters. The second-order valence-corrected chi connectivity index (χ2v) is 3.15. The standard InChI is InChI=1S/C11H17NO2/c1-9-5-4-6-10(7-9)12-8-11(13-2)14-3/h4-7,11-12H,8H2,1-3H3. The van der Waals surface area contributed by atoms with E-state index in [2.05, 4.69) is 24.4 Å². The maximum absolute atomic E-state index is 5.07. The highest BCUT2D eigenvalue weighted by molar-refractivity contribution is 5.45. The Kier molecular flexibility index (Phi) is 4.43. The van der Waals surface area contributed by atoms with Gasteiger partial charge in [-0.25, -0.2) is 0 Å². The number of hydrogen-bond acceptors (Lipinski definition) is 3. The molecule has 3 heteroatoms. The second kappa shape index (κ2) is 5.62. The van der Waals surface area contributed by atoms with Gasteiger partial charge in [0.25, 0.3) is 0 Å². The summed E-state index contributed by atoms with van der Waals surface area (Å²) in [5.41, 5.74) is 2.32. The lowest BCUT2D eigenvalue weighted by Crippen LogP contribution is -2.23. The zero-order valence-electron chi connectivity index (χ0n) is 8.91. The van der Waals surface area contributed by atoms with Gasteiger partial charge in [-0.15, -0.1) is 0 Å². The molecule has 1 N–H and O–H groups in total. The fourth-order valence-electron chi connectivity index (χ4n) is 1.22. The van der Waals surface area contributed by atoms with Crippen LogP contribution in [0.5, 0.6) is 0 Å². The monoisotopic (exact) mass is 195 g/mol. The first-order valence-corrected chi connectivity index (χ1v) is 4.62. The van der Waals surface area contributed by atoms with E-state index in [0.717, 1.165) is 5.69 Å². The Balaban J connectivity index is 2.44. The van der Waals surface area contributed by atoms with Crippen LogP contribution >= 0.6 is 0 Å². The summed E-state index contributed by atoms with van der Waals surface area (Å²) in [6.45, 7) is 2.71. The van der Waals surface area contributed by atoms with Crippen molar-refractivity contribution in [3.63, 3.8) is 0 Å². The summed E-state index contributed by atoms with van der Waals surface area (Å²) in [4.78, 5) is 0. The van der Waals surface area contributed by atoms with Crippen LogP contribution in [0.15, 0.2) is 24.3 Å². The number of nitrogens with one attached hydrogen (secondary N) is 1. The third kappa shape index (κ3) is 3.36. The Morgan fingerprint density at radius 3 is 2.57 bits per heavy atom. The molecule has 0 fully saturated rings. The van der Waals surface area contributed by atoms with Crippen LogP contribution in [0.2, 0.25) is 0 Å². The predicted molar refractivity (Wildman–Crippen MR) is 57.5 cm³/mol. The molecule has 0 heterocycles. The van der Waals surface area contributed by atoms with Crippen molar-refractivity contribution < 1.29 is 9.47 Å². The number of methoxy groups -OCH3 is 2. The summed E-state index contributed by atoms with van der Waals surface area (Å²) < 4.78 is 10.1. The van der Waals surface area contributed by atoms with Crippen molar-refractivity contribution in [1.29, 1.82) is 0 Å². The third-order valence-electron chi connectivity index (χ3n) is 2.02. The van der Waals surface area contributed by atoms with Gasteiger partial charge in [0, 0.05) is 19.9 Å². The SMILES string of the molecule is COC(CNc1cccc(C)c1)OC. The highest BCUT2D eigenvalue weighted by atomic mass is 16.7. The van der Waals surface area contributed by atoms with E-state index in [1.165, 1.54) is 5.56 Å². The molecule has 0 radical (unpaired) electrons. The molecule has 0 amide bonds. The first-order valence-electron chi connectivity index (χ1n) is 4.62. The Morgan fingerprint density at radius 1 is 1.29 bits per heavy atom. The molecule has 1 aromatic carbocycles. The molecular formula is C11H17NO2. The first-order chi connectivity index (χ1) is 6.76. The molecule has 0 aliphatic heterocycles. The van der Waals surface area contributed by atoms with Crippen molar-refractivity contribution in [3.8, 4) is 0 Å². The number of benzene rings is 1. The van der Waals surface area contributed by atoms with E-state index >= 15 is 0 Å². The normalized spacial score (nSPS) is 10.6. The third-order valence-corrected chi connectivity index (χ3v) is 2.02. The van der Waals surface area contributed by atoms with Crippen molar-refractivity contribution in [1.82, 2.24) is 0 Å².